The van der Waals surface area contributed by atoms with Gasteiger partial charge >= 0.3 is 0 Å². The van der Waals surface area contributed by atoms with E-state index in [-0.39, 0.29) is 11.7 Å². The van der Waals surface area contributed by atoms with Gasteiger partial charge in [0.1, 0.15) is 11.6 Å². The SMILES string of the molecule is Cc1ccc(-n2c(CCl)nc3ccc(F)cc32)cc1C. The van der Waals surface area contributed by atoms with E-state index in [0.717, 1.165) is 22.5 Å². The van der Waals surface area contributed by atoms with Crippen LogP contribution in [-0.4, -0.2) is 9.55 Å². The molecule has 0 aliphatic carbocycles. The highest BCUT2D eigenvalue weighted by Crippen LogP contribution is 2.24. The lowest BCUT2D eigenvalue weighted by Crippen LogP contribution is -2.00. The van der Waals surface area contributed by atoms with Gasteiger partial charge in [0.2, 0.25) is 0 Å². The molecule has 0 fully saturated rings. The van der Waals surface area contributed by atoms with E-state index < -0.39 is 0 Å². The molecule has 0 N–H and O–H groups in total. The van der Waals surface area contributed by atoms with Crippen LogP contribution in [0.1, 0.15) is 17.0 Å². The summed E-state index contributed by atoms with van der Waals surface area (Å²) in [4.78, 5) is 4.47. The van der Waals surface area contributed by atoms with Crippen LogP contribution in [0, 0.1) is 19.7 Å². The Hall–Kier alpha value is -1.87. The van der Waals surface area contributed by atoms with Gasteiger partial charge in [-0.1, -0.05) is 6.07 Å². The van der Waals surface area contributed by atoms with Gasteiger partial charge in [-0.05, 0) is 49.2 Å². The molecule has 0 spiro atoms. The Labute approximate surface area is 121 Å². The van der Waals surface area contributed by atoms with Crippen molar-refractivity contribution in [3.05, 3.63) is 59.2 Å². The highest BCUT2D eigenvalue weighted by atomic mass is 35.5. The Morgan fingerprint density at radius 1 is 1.10 bits per heavy atom. The minimum Gasteiger partial charge on any atom is -0.295 e. The minimum atomic E-state index is -0.274. The third-order valence-electron chi connectivity index (χ3n) is 3.55. The van der Waals surface area contributed by atoms with Gasteiger partial charge in [-0.2, -0.15) is 0 Å². The maximum atomic E-state index is 13.5. The molecule has 2 nitrogen and oxygen atoms in total. The van der Waals surface area contributed by atoms with Crippen LogP contribution in [-0.2, 0) is 5.88 Å². The number of aryl methyl sites for hydroxylation is 2. The van der Waals surface area contributed by atoms with Crippen molar-refractivity contribution in [1.29, 1.82) is 0 Å². The zero-order chi connectivity index (χ0) is 14.3. The molecule has 0 bridgehead atoms. The van der Waals surface area contributed by atoms with Gasteiger partial charge in [-0.3, -0.25) is 4.57 Å². The van der Waals surface area contributed by atoms with Crippen LogP contribution < -0.4 is 0 Å². The lowest BCUT2D eigenvalue weighted by atomic mass is 10.1. The minimum absolute atomic E-state index is 0.274. The predicted molar refractivity (Wildman–Crippen MR) is 80.1 cm³/mol. The molecule has 1 aromatic heterocycles. The van der Waals surface area contributed by atoms with Crippen molar-refractivity contribution in [2.75, 3.05) is 0 Å². The van der Waals surface area contributed by atoms with Crippen LogP contribution in [0.4, 0.5) is 4.39 Å². The number of halogens is 2. The predicted octanol–water partition coefficient (Wildman–Crippen LogP) is 4.52. The molecule has 20 heavy (non-hydrogen) atoms. The molecule has 0 radical (unpaired) electrons. The fourth-order valence-electron chi connectivity index (χ4n) is 2.34. The summed E-state index contributed by atoms with van der Waals surface area (Å²) in [6.07, 6.45) is 0. The maximum Gasteiger partial charge on any atom is 0.129 e. The van der Waals surface area contributed by atoms with Crippen LogP contribution in [0.25, 0.3) is 16.7 Å². The number of nitrogens with zero attached hydrogens (tertiary/aromatic N) is 2. The molecule has 1 heterocycles. The average molecular weight is 289 g/mol. The lowest BCUT2D eigenvalue weighted by molar-refractivity contribution is 0.629. The third kappa shape index (κ3) is 2.08. The van der Waals surface area contributed by atoms with Crippen LogP contribution in [0.5, 0.6) is 0 Å². The third-order valence-corrected chi connectivity index (χ3v) is 3.79. The first-order chi connectivity index (χ1) is 9.60. The molecule has 0 saturated heterocycles. The highest BCUT2D eigenvalue weighted by molar-refractivity contribution is 6.17. The summed E-state index contributed by atoms with van der Waals surface area (Å²) in [5.74, 6) is 0.725. The number of hydrogen-bond acceptors (Lipinski definition) is 1. The molecule has 3 rings (SSSR count). The van der Waals surface area contributed by atoms with Crippen molar-refractivity contribution in [1.82, 2.24) is 9.55 Å². The van der Waals surface area contributed by atoms with Gasteiger partial charge in [0.05, 0.1) is 16.9 Å². The summed E-state index contributed by atoms with van der Waals surface area (Å²) < 4.78 is 15.4. The molecule has 0 amide bonds. The highest BCUT2D eigenvalue weighted by Gasteiger charge is 2.12. The van der Waals surface area contributed by atoms with Crippen molar-refractivity contribution in [2.24, 2.45) is 0 Å². The Morgan fingerprint density at radius 3 is 2.60 bits per heavy atom. The number of benzene rings is 2. The summed E-state index contributed by atoms with van der Waals surface area (Å²) in [5, 5.41) is 0. The van der Waals surface area contributed by atoms with Crippen LogP contribution in [0.15, 0.2) is 36.4 Å². The maximum absolute atomic E-state index is 13.5. The molecule has 4 heteroatoms. The quantitative estimate of drug-likeness (QED) is 0.634. The van der Waals surface area contributed by atoms with Crippen LogP contribution in [0.2, 0.25) is 0 Å². The molecule has 0 unspecified atom stereocenters. The van der Waals surface area contributed by atoms with E-state index in [4.69, 9.17) is 11.6 Å². The second-order valence-corrected chi connectivity index (χ2v) is 5.17. The second-order valence-electron chi connectivity index (χ2n) is 4.90. The zero-order valence-corrected chi connectivity index (χ0v) is 12.1. The van der Waals surface area contributed by atoms with Gasteiger partial charge in [-0.25, -0.2) is 9.37 Å². The monoisotopic (exact) mass is 288 g/mol. The van der Waals surface area contributed by atoms with Gasteiger partial charge in [0, 0.05) is 11.8 Å². The van der Waals surface area contributed by atoms with E-state index in [1.807, 2.05) is 16.7 Å². The standard InChI is InChI=1S/C16H14ClFN2/c1-10-3-5-13(7-11(10)2)20-15-8-12(18)4-6-14(15)19-16(20)9-17/h3-8H,9H2,1-2H3. The number of alkyl halides is 1. The number of rotatable bonds is 2. The van der Waals surface area contributed by atoms with E-state index in [1.54, 1.807) is 6.07 Å². The normalized spacial score (nSPS) is 11.2. The summed E-state index contributed by atoms with van der Waals surface area (Å²) in [6.45, 7) is 4.12. The van der Waals surface area contributed by atoms with E-state index in [0.29, 0.717) is 0 Å². The molecule has 0 aliphatic rings. The zero-order valence-electron chi connectivity index (χ0n) is 11.3. The first kappa shape index (κ1) is 13.1. The fourth-order valence-corrected chi connectivity index (χ4v) is 2.52. The Bertz CT molecular complexity index is 793. The van der Waals surface area contributed by atoms with E-state index in [9.17, 15) is 4.39 Å². The van der Waals surface area contributed by atoms with Crippen molar-refractivity contribution >= 4 is 22.6 Å². The average Bonchev–Trinajstić information content (AvgIpc) is 2.79. The first-order valence-electron chi connectivity index (χ1n) is 6.40. The largest absolute Gasteiger partial charge is 0.295 e. The van der Waals surface area contributed by atoms with Crippen molar-refractivity contribution in [3.63, 3.8) is 0 Å². The van der Waals surface area contributed by atoms with Gasteiger partial charge in [0.25, 0.3) is 0 Å². The molecule has 0 atom stereocenters. The van der Waals surface area contributed by atoms with E-state index in [2.05, 4.69) is 24.9 Å². The molecular formula is C16H14ClFN2. The van der Waals surface area contributed by atoms with E-state index in [1.165, 1.54) is 23.3 Å². The Kier molecular flexibility index (Phi) is 3.22. The topological polar surface area (TPSA) is 17.8 Å². The molecule has 2 aromatic carbocycles. The number of aromatic nitrogens is 2. The Balaban J connectivity index is 2.32. The number of hydrogen-bond donors (Lipinski definition) is 0. The molecule has 3 aromatic rings. The summed E-state index contributed by atoms with van der Waals surface area (Å²) in [5.41, 5.74) is 4.85. The van der Waals surface area contributed by atoms with Gasteiger partial charge in [0.15, 0.2) is 0 Å². The van der Waals surface area contributed by atoms with Crippen LogP contribution >= 0.6 is 11.6 Å². The fraction of sp³-hybridized carbons (Fsp3) is 0.188. The molecule has 0 saturated carbocycles. The van der Waals surface area contributed by atoms with Gasteiger partial charge in [-0.15, -0.1) is 11.6 Å². The molecule has 102 valence electrons. The summed E-state index contributed by atoms with van der Waals surface area (Å²) in [6, 6.07) is 10.7. The number of imidazole rings is 1. The smallest absolute Gasteiger partial charge is 0.129 e. The van der Waals surface area contributed by atoms with Crippen molar-refractivity contribution < 1.29 is 4.39 Å². The van der Waals surface area contributed by atoms with Gasteiger partial charge < -0.3 is 0 Å². The van der Waals surface area contributed by atoms with Crippen LogP contribution in [0.3, 0.4) is 0 Å². The first-order valence-corrected chi connectivity index (χ1v) is 6.94. The van der Waals surface area contributed by atoms with Crippen molar-refractivity contribution in [2.45, 2.75) is 19.7 Å². The molecule has 0 aliphatic heterocycles. The summed E-state index contributed by atoms with van der Waals surface area (Å²) >= 11 is 5.99. The lowest BCUT2D eigenvalue weighted by Gasteiger charge is -2.10. The Morgan fingerprint density at radius 2 is 1.90 bits per heavy atom. The summed E-state index contributed by atoms with van der Waals surface area (Å²) in [7, 11) is 0. The molecular weight excluding hydrogens is 275 g/mol. The van der Waals surface area contributed by atoms with Crippen molar-refractivity contribution in [3.8, 4) is 5.69 Å². The second kappa shape index (κ2) is 4.91. The van der Waals surface area contributed by atoms with E-state index >= 15 is 0 Å². The number of fused-ring (bicyclic) bond motifs is 1.